The fourth-order valence-electron chi connectivity index (χ4n) is 1.49. The van der Waals surface area contributed by atoms with Crippen LogP contribution in [-0.2, 0) is 4.79 Å². The van der Waals surface area contributed by atoms with E-state index in [0.717, 1.165) is 12.2 Å². The number of nitriles is 1. The lowest BCUT2D eigenvalue weighted by molar-refractivity contribution is -0.124. The van der Waals surface area contributed by atoms with Crippen molar-refractivity contribution in [1.29, 1.82) is 5.26 Å². The summed E-state index contributed by atoms with van der Waals surface area (Å²) in [6, 6.07) is 2.30. The van der Waals surface area contributed by atoms with E-state index in [1.54, 1.807) is 0 Å². The average molecular weight is 212 g/mol. The summed E-state index contributed by atoms with van der Waals surface area (Å²) >= 11 is 1.87. The second-order valence-corrected chi connectivity index (χ2v) is 4.66. The van der Waals surface area contributed by atoms with Crippen LogP contribution in [0.25, 0.3) is 0 Å². The number of thioether (sulfide) groups is 1. The van der Waals surface area contributed by atoms with Crippen LogP contribution >= 0.6 is 11.8 Å². The van der Waals surface area contributed by atoms with Gasteiger partial charge in [0, 0.05) is 11.8 Å². The Morgan fingerprint density at radius 3 is 3.07 bits per heavy atom. The lowest BCUT2D eigenvalue weighted by atomic mass is 10.1. The third kappa shape index (κ3) is 3.22. The molecule has 1 aliphatic rings. The highest BCUT2D eigenvalue weighted by Gasteiger charge is 2.20. The van der Waals surface area contributed by atoms with Crippen molar-refractivity contribution < 1.29 is 4.79 Å². The molecule has 0 saturated carbocycles. The Labute approximate surface area is 89.2 Å². The van der Waals surface area contributed by atoms with E-state index >= 15 is 0 Å². The molecule has 1 heterocycles. The van der Waals surface area contributed by atoms with E-state index in [-0.39, 0.29) is 11.9 Å². The summed E-state index contributed by atoms with van der Waals surface area (Å²) < 4.78 is 0. The highest BCUT2D eigenvalue weighted by molar-refractivity contribution is 7.99. The van der Waals surface area contributed by atoms with Crippen molar-refractivity contribution in [2.24, 2.45) is 5.92 Å². The van der Waals surface area contributed by atoms with E-state index in [4.69, 9.17) is 5.26 Å². The number of hydrogen-bond donors (Lipinski definition) is 1. The summed E-state index contributed by atoms with van der Waals surface area (Å²) in [5.74, 6) is 1.62. The summed E-state index contributed by atoms with van der Waals surface area (Å²) in [5, 5.41) is 11.6. The molecule has 1 N–H and O–H groups in total. The van der Waals surface area contributed by atoms with Crippen LogP contribution in [0, 0.1) is 17.2 Å². The molecule has 0 aliphatic carbocycles. The molecule has 0 aromatic carbocycles. The normalized spacial score (nSPS) is 23.6. The maximum atomic E-state index is 11.5. The molecule has 3 nitrogen and oxygen atoms in total. The predicted octanol–water partition coefficient (Wildman–Crippen LogP) is 1.55. The fourth-order valence-corrected chi connectivity index (χ4v) is 2.56. The van der Waals surface area contributed by atoms with E-state index in [9.17, 15) is 4.79 Å². The van der Waals surface area contributed by atoms with Crippen LogP contribution in [0.5, 0.6) is 0 Å². The highest BCUT2D eigenvalue weighted by atomic mass is 32.2. The average Bonchev–Trinajstić information content (AvgIpc) is 2.21. The van der Waals surface area contributed by atoms with Crippen LogP contribution < -0.4 is 5.32 Å². The van der Waals surface area contributed by atoms with Gasteiger partial charge in [0.15, 0.2) is 0 Å². The minimum atomic E-state index is -0.470. The van der Waals surface area contributed by atoms with Crippen molar-refractivity contribution in [3.05, 3.63) is 0 Å². The van der Waals surface area contributed by atoms with Crippen LogP contribution in [0.15, 0.2) is 0 Å². The zero-order valence-corrected chi connectivity index (χ0v) is 9.27. The van der Waals surface area contributed by atoms with Gasteiger partial charge in [0.1, 0.15) is 5.92 Å². The largest absolute Gasteiger partial charge is 0.351 e. The lowest BCUT2D eigenvalue weighted by Crippen LogP contribution is -2.41. The van der Waals surface area contributed by atoms with Gasteiger partial charge in [-0.2, -0.15) is 17.0 Å². The standard InChI is InChI=1S/C10H16N2OS/c1-2-8(6-11)10(13)12-9-4-3-5-14-7-9/h8-9H,2-5,7H2,1H3,(H,12,13). The number of carbonyl (C=O) groups is 1. The Morgan fingerprint density at radius 1 is 1.79 bits per heavy atom. The van der Waals surface area contributed by atoms with Gasteiger partial charge in [-0.3, -0.25) is 4.79 Å². The van der Waals surface area contributed by atoms with Crippen molar-refractivity contribution in [1.82, 2.24) is 5.32 Å². The monoisotopic (exact) mass is 212 g/mol. The molecule has 1 fully saturated rings. The maximum Gasteiger partial charge on any atom is 0.237 e. The molecule has 0 aromatic heterocycles. The second-order valence-electron chi connectivity index (χ2n) is 3.51. The van der Waals surface area contributed by atoms with E-state index < -0.39 is 5.92 Å². The van der Waals surface area contributed by atoms with Gasteiger partial charge in [0.2, 0.25) is 5.91 Å². The maximum absolute atomic E-state index is 11.5. The highest BCUT2D eigenvalue weighted by Crippen LogP contribution is 2.17. The molecule has 1 rings (SSSR count). The number of nitrogens with zero attached hydrogens (tertiary/aromatic N) is 1. The molecule has 0 aromatic rings. The Morgan fingerprint density at radius 2 is 2.57 bits per heavy atom. The molecule has 2 atom stereocenters. The van der Waals surface area contributed by atoms with Crippen molar-refractivity contribution >= 4 is 17.7 Å². The first-order valence-corrected chi connectivity index (χ1v) is 6.21. The third-order valence-corrected chi connectivity index (χ3v) is 3.60. The molecule has 4 heteroatoms. The molecule has 14 heavy (non-hydrogen) atoms. The summed E-state index contributed by atoms with van der Waals surface area (Å²) in [6.45, 7) is 1.86. The van der Waals surface area contributed by atoms with E-state index in [0.29, 0.717) is 6.42 Å². The quantitative estimate of drug-likeness (QED) is 0.772. The second kappa shape index (κ2) is 5.92. The minimum absolute atomic E-state index is 0.0949. The smallest absolute Gasteiger partial charge is 0.237 e. The van der Waals surface area contributed by atoms with Crippen molar-refractivity contribution in [2.75, 3.05) is 11.5 Å². The predicted molar refractivity (Wildman–Crippen MR) is 57.9 cm³/mol. The molecular weight excluding hydrogens is 196 g/mol. The topological polar surface area (TPSA) is 52.9 Å². The summed E-state index contributed by atoms with van der Waals surface area (Å²) in [6.07, 6.45) is 2.82. The Hall–Kier alpha value is -0.690. The molecule has 1 amide bonds. The van der Waals surface area contributed by atoms with Gasteiger partial charge < -0.3 is 5.32 Å². The number of hydrogen-bond acceptors (Lipinski definition) is 3. The van der Waals surface area contributed by atoms with Crippen LogP contribution in [0.2, 0.25) is 0 Å². The van der Waals surface area contributed by atoms with E-state index in [2.05, 4.69) is 5.32 Å². The summed E-state index contributed by atoms with van der Waals surface area (Å²) in [4.78, 5) is 11.5. The van der Waals surface area contributed by atoms with Crippen molar-refractivity contribution in [3.8, 4) is 6.07 Å². The molecule has 0 radical (unpaired) electrons. The van der Waals surface area contributed by atoms with Crippen LogP contribution in [-0.4, -0.2) is 23.5 Å². The molecule has 2 unspecified atom stereocenters. The number of carbonyl (C=O) groups excluding carboxylic acids is 1. The van der Waals surface area contributed by atoms with Crippen LogP contribution in [0.3, 0.4) is 0 Å². The third-order valence-electron chi connectivity index (χ3n) is 2.39. The number of rotatable bonds is 3. The SMILES string of the molecule is CCC(C#N)C(=O)NC1CCCSC1. The van der Waals surface area contributed by atoms with Crippen molar-refractivity contribution in [3.63, 3.8) is 0 Å². The first kappa shape index (κ1) is 11.4. The van der Waals surface area contributed by atoms with Gasteiger partial charge in [0.25, 0.3) is 0 Å². The molecule has 78 valence electrons. The molecular formula is C10H16N2OS. The van der Waals surface area contributed by atoms with Gasteiger partial charge >= 0.3 is 0 Å². The first-order valence-electron chi connectivity index (χ1n) is 5.05. The molecule has 1 aliphatic heterocycles. The summed E-state index contributed by atoms with van der Waals surface area (Å²) in [5.41, 5.74) is 0. The lowest BCUT2D eigenvalue weighted by Gasteiger charge is -2.23. The van der Waals surface area contributed by atoms with Gasteiger partial charge in [-0.25, -0.2) is 0 Å². The van der Waals surface area contributed by atoms with Gasteiger partial charge in [-0.15, -0.1) is 0 Å². The molecule has 0 spiro atoms. The zero-order valence-electron chi connectivity index (χ0n) is 8.45. The molecule has 0 bridgehead atoms. The van der Waals surface area contributed by atoms with Gasteiger partial charge in [-0.1, -0.05) is 6.92 Å². The number of amides is 1. The summed E-state index contributed by atoms with van der Waals surface area (Å²) in [7, 11) is 0. The van der Waals surface area contributed by atoms with Crippen molar-refractivity contribution in [2.45, 2.75) is 32.2 Å². The van der Waals surface area contributed by atoms with Gasteiger partial charge in [0.05, 0.1) is 6.07 Å². The van der Waals surface area contributed by atoms with E-state index in [1.165, 1.54) is 12.2 Å². The molecule has 1 saturated heterocycles. The number of nitrogens with one attached hydrogen (secondary N) is 1. The van der Waals surface area contributed by atoms with Crippen LogP contribution in [0.4, 0.5) is 0 Å². The van der Waals surface area contributed by atoms with Gasteiger partial charge in [-0.05, 0) is 25.0 Å². The Balaban J connectivity index is 2.35. The van der Waals surface area contributed by atoms with E-state index in [1.807, 2.05) is 24.8 Å². The first-order chi connectivity index (χ1) is 6.77. The minimum Gasteiger partial charge on any atom is -0.351 e. The Kier molecular flexibility index (Phi) is 4.81. The van der Waals surface area contributed by atoms with Crippen LogP contribution in [0.1, 0.15) is 26.2 Å². The fraction of sp³-hybridized carbons (Fsp3) is 0.800. The Bertz CT molecular complexity index is 231. The zero-order chi connectivity index (χ0) is 10.4.